The molecule has 0 atom stereocenters. The van der Waals surface area contributed by atoms with Crippen molar-refractivity contribution in [2.24, 2.45) is 11.7 Å². The minimum atomic E-state index is -3.34. The molecule has 0 saturated heterocycles. The maximum atomic E-state index is 11.9. The molecule has 1 saturated carbocycles. The number of anilines is 1. The fraction of sp³-hybridized carbons (Fsp3) is 0.538. The fourth-order valence-corrected chi connectivity index (χ4v) is 3.07. The first-order valence-corrected chi connectivity index (χ1v) is 7.85. The Morgan fingerprint density at radius 2 is 1.84 bits per heavy atom. The quantitative estimate of drug-likeness (QED) is 0.848. The van der Waals surface area contributed by atoms with E-state index in [0.29, 0.717) is 16.9 Å². The van der Waals surface area contributed by atoms with Gasteiger partial charge in [-0.05, 0) is 43.0 Å². The smallest absolute Gasteiger partial charge is 0.242 e. The van der Waals surface area contributed by atoms with E-state index in [4.69, 9.17) is 5.73 Å². The molecule has 19 heavy (non-hydrogen) atoms. The van der Waals surface area contributed by atoms with E-state index in [2.05, 4.69) is 5.32 Å². The number of nitrogens with zero attached hydrogens (tertiary/aromatic N) is 1. The van der Waals surface area contributed by atoms with Crippen LogP contribution in [0.15, 0.2) is 29.2 Å². The van der Waals surface area contributed by atoms with Crippen molar-refractivity contribution in [1.82, 2.24) is 4.31 Å². The summed E-state index contributed by atoms with van der Waals surface area (Å²) in [4.78, 5) is 0.314. The van der Waals surface area contributed by atoms with Crippen LogP contribution in [-0.4, -0.2) is 39.4 Å². The van der Waals surface area contributed by atoms with E-state index in [1.54, 1.807) is 24.3 Å². The molecule has 6 heteroatoms. The van der Waals surface area contributed by atoms with E-state index in [9.17, 15) is 8.42 Å². The lowest BCUT2D eigenvalue weighted by Crippen LogP contribution is -2.39. The van der Waals surface area contributed by atoms with E-state index in [1.807, 2.05) is 0 Å². The Bertz CT molecular complexity index is 519. The van der Waals surface area contributed by atoms with Gasteiger partial charge in [-0.2, -0.15) is 0 Å². The van der Waals surface area contributed by atoms with Crippen molar-refractivity contribution in [3.8, 4) is 0 Å². The van der Waals surface area contributed by atoms with Crippen molar-refractivity contribution in [1.29, 1.82) is 0 Å². The summed E-state index contributed by atoms with van der Waals surface area (Å²) in [6, 6.07) is 7.22. The first-order valence-electron chi connectivity index (χ1n) is 6.41. The molecule has 1 aromatic rings. The van der Waals surface area contributed by atoms with Crippen LogP contribution in [0.5, 0.6) is 0 Å². The number of nitrogens with two attached hydrogens (primary N) is 1. The predicted molar refractivity (Wildman–Crippen MR) is 76.5 cm³/mol. The second-order valence-electron chi connectivity index (χ2n) is 5.29. The van der Waals surface area contributed by atoms with Gasteiger partial charge in [0, 0.05) is 32.4 Å². The van der Waals surface area contributed by atoms with Crippen molar-refractivity contribution in [2.75, 3.05) is 26.0 Å². The molecule has 0 radical (unpaired) electrons. The highest BCUT2D eigenvalue weighted by Gasteiger charge is 2.25. The fourth-order valence-electron chi connectivity index (χ4n) is 2.17. The Morgan fingerprint density at radius 1 is 1.26 bits per heavy atom. The lowest BCUT2D eigenvalue weighted by molar-refractivity contribution is 0.280. The molecule has 5 nitrogen and oxygen atoms in total. The van der Waals surface area contributed by atoms with Crippen molar-refractivity contribution >= 4 is 15.7 Å². The van der Waals surface area contributed by atoms with Gasteiger partial charge in [0.05, 0.1) is 4.90 Å². The average Bonchev–Trinajstić information content (AvgIpc) is 2.33. The van der Waals surface area contributed by atoms with E-state index in [-0.39, 0.29) is 0 Å². The van der Waals surface area contributed by atoms with Crippen LogP contribution in [0.2, 0.25) is 0 Å². The third kappa shape index (κ3) is 3.26. The Morgan fingerprint density at radius 3 is 2.32 bits per heavy atom. The molecule has 0 heterocycles. The first kappa shape index (κ1) is 14.3. The highest BCUT2D eigenvalue weighted by Crippen LogP contribution is 2.26. The van der Waals surface area contributed by atoms with Gasteiger partial charge in [0.15, 0.2) is 0 Å². The molecule has 1 aromatic carbocycles. The summed E-state index contributed by atoms with van der Waals surface area (Å²) in [7, 11) is -0.278. The zero-order valence-corrected chi connectivity index (χ0v) is 12.2. The third-order valence-electron chi connectivity index (χ3n) is 3.50. The van der Waals surface area contributed by atoms with Crippen LogP contribution >= 0.6 is 0 Å². The van der Waals surface area contributed by atoms with Crippen LogP contribution in [0.4, 0.5) is 5.69 Å². The van der Waals surface area contributed by atoms with Gasteiger partial charge in [-0.25, -0.2) is 12.7 Å². The molecule has 1 fully saturated rings. The Balaban J connectivity index is 1.95. The molecule has 0 aromatic heterocycles. The number of hydrogen-bond donors (Lipinski definition) is 2. The summed E-state index contributed by atoms with van der Waals surface area (Å²) >= 11 is 0. The summed E-state index contributed by atoms with van der Waals surface area (Å²) in [6.07, 6.45) is 2.14. The molecule has 0 spiro atoms. The number of benzene rings is 1. The molecule has 2 rings (SSSR count). The molecule has 106 valence electrons. The van der Waals surface area contributed by atoms with Crippen LogP contribution in [0.3, 0.4) is 0 Å². The largest absolute Gasteiger partial charge is 0.385 e. The minimum Gasteiger partial charge on any atom is -0.385 e. The Labute approximate surface area is 114 Å². The molecule has 0 bridgehead atoms. The number of hydrogen-bond acceptors (Lipinski definition) is 4. The van der Waals surface area contributed by atoms with Gasteiger partial charge in [0.1, 0.15) is 0 Å². The van der Waals surface area contributed by atoms with E-state index in [1.165, 1.54) is 18.4 Å². The van der Waals surface area contributed by atoms with Gasteiger partial charge in [0.2, 0.25) is 10.0 Å². The highest BCUT2D eigenvalue weighted by molar-refractivity contribution is 7.89. The highest BCUT2D eigenvalue weighted by atomic mass is 32.2. The van der Waals surface area contributed by atoms with Crippen molar-refractivity contribution in [3.63, 3.8) is 0 Å². The molecule has 3 N–H and O–H groups in total. The summed E-state index contributed by atoms with van der Waals surface area (Å²) in [6.45, 7) is 0.896. The minimum absolute atomic E-state index is 0.314. The molecular weight excluding hydrogens is 262 g/mol. The van der Waals surface area contributed by atoms with E-state index >= 15 is 0 Å². The molecule has 0 unspecified atom stereocenters. The van der Waals surface area contributed by atoms with E-state index in [0.717, 1.165) is 25.1 Å². The van der Waals surface area contributed by atoms with Crippen molar-refractivity contribution in [2.45, 2.75) is 23.8 Å². The average molecular weight is 283 g/mol. The van der Waals surface area contributed by atoms with Gasteiger partial charge >= 0.3 is 0 Å². The lowest BCUT2D eigenvalue weighted by atomic mass is 9.81. The van der Waals surface area contributed by atoms with Gasteiger partial charge in [-0.15, -0.1) is 0 Å². The summed E-state index contributed by atoms with van der Waals surface area (Å²) in [5.74, 6) is 0.639. The molecule has 1 aliphatic carbocycles. The van der Waals surface area contributed by atoms with Crippen LogP contribution in [0.25, 0.3) is 0 Å². The molecular formula is C13H21N3O2S. The van der Waals surface area contributed by atoms with Crippen LogP contribution in [-0.2, 0) is 10.0 Å². The van der Waals surface area contributed by atoms with Crippen LogP contribution in [0, 0.1) is 5.92 Å². The number of rotatable bonds is 5. The maximum Gasteiger partial charge on any atom is 0.242 e. The third-order valence-corrected chi connectivity index (χ3v) is 5.33. The van der Waals surface area contributed by atoms with Crippen molar-refractivity contribution in [3.05, 3.63) is 24.3 Å². The van der Waals surface area contributed by atoms with E-state index < -0.39 is 10.0 Å². The number of sulfonamides is 1. The zero-order chi connectivity index (χ0) is 14.0. The standard InChI is InChI=1S/C13H21N3O2S/c1-16(2)19(17,18)13-5-3-12(4-6-13)15-9-10-7-11(14)8-10/h3-6,10-11,15H,7-9,14H2,1-2H3. The van der Waals surface area contributed by atoms with Crippen molar-refractivity contribution < 1.29 is 8.42 Å². The van der Waals surface area contributed by atoms with Gasteiger partial charge < -0.3 is 11.1 Å². The second kappa shape index (κ2) is 5.48. The SMILES string of the molecule is CN(C)S(=O)(=O)c1ccc(NCC2CC(N)C2)cc1. The van der Waals surface area contributed by atoms with Crippen LogP contribution < -0.4 is 11.1 Å². The topological polar surface area (TPSA) is 75.4 Å². The van der Waals surface area contributed by atoms with Gasteiger partial charge in [-0.1, -0.05) is 0 Å². The Hall–Kier alpha value is -1.11. The van der Waals surface area contributed by atoms with Crippen LogP contribution in [0.1, 0.15) is 12.8 Å². The molecule has 0 aliphatic heterocycles. The second-order valence-corrected chi connectivity index (χ2v) is 7.44. The monoisotopic (exact) mass is 283 g/mol. The maximum absolute atomic E-state index is 11.9. The summed E-state index contributed by atoms with van der Waals surface area (Å²) in [5.41, 5.74) is 6.68. The summed E-state index contributed by atoms with van der Waals surface area (Å²) < 4.78 is 25.0. The lowest BCUT2D eigenvalue weighted by Gasteiger charge is -2.32. The van der Waals surface area contributed by atoms with Gasteiger partial charge in [-0.3, -0.25) is 0 Å². The zero-order valence-electron chi connectivity index (χ0n) is 11.3. The van der Waals surface area contributed by atoms with Gasteiger partial charge in [0.25, 0.3) is 0 Å². The molecule has 0 amide bonds. The Kier molecular flexibility index (Phi) is 4.13. The molecule has 1 aliphatic rings. The number of nitrogens with one attached hydrogen (secondary N) is 1. The summed E-state index contributed by atoms with van der Waals surface area (Å²) in [5, 5.41) is 3.31. The first-order chi connectivity index (χ1) is 8.89. The normalized spacial score (nSPS) is 23.2. The predicted octanol–water partition coefficient (Wildman–Crippen LogP) is 1.09.